The van der Waals surface area contributed by atoms with Gasteiger partial charge in [-0.05, 0) is 43.9 Å². The summed E-state index contributed by atoms with van der Waals surface area (Å²) in [5, 5.41) is 5.66. The third kappa shape index (κ3) is 3.70. The fraction of sp³-hybridized carbons (Fsp3) is 0.471. The van der Waals surface area contributed by atoms with E-state index in [2.05, 4.69) is 10.6 Å². The van der Waals surface area contributed by atoms with E-state index in [0.29, 0.717) is 29.1 Å². The van der Waals surface area contributed by atoms with Gasteiger partial charge >= 0.3 is 0 Å². The second-order valence-electron chi connectivity index (χ2n) is 6.20. The molecule has 0 radical (unpaired) electrons. The molecule has 6 nitrogen and oxygen atoms in total. The van der Waals surface area contributed by atoms with Gasteiger partial charge in [0.15, 0.2) is 0 Å². The van der Waals surface area contributed by atoms with Crippen LogP contribution in [0.15, 0.2) is 18.2 Å². The molecular weight excluding hydrogens is 330 g/mol. The number of hydrogen-bond acceptors (Lipinski definition) is 3. The van der Waals surface area contributed by atoms with Crippen molar-refractivity contribution in [2.75, 3.05) is 18.4 Å². The molecule has 2 N–H and O–H groups in total. The fourth-order valence-electron chi connectivity index (χ4n) is 3.07. The van der Waals surface area contributed by atoms with Gasteiger partial charge in [0.2, 0.25) is 11.8 Å². The number of hydrogen-bond donors (Lipinski definition) is 2. The first-order valence-electron chi connectivity index (χ1n) is 8.23. The maximum absolute atomic E-state index is 12.5. The van der Waals surface area contributed by atoms with Crippen molar-refractivity contribution in [2.24, 2.45) is 0 Å². The third-order valence-electron chi connectivity index (χ3n) is 4.42. The smallest absolute Gasteiger partial charge is 0.255 e. The van der Waals surface area contributed by atoms with Crippen LogP contribution in [0.3, 0.4) is 0 Å². The first-order chi connectivity index (χ1) is 11.5. The van der Waals surface area contributed by atoms with Crippen molar-refractivity contribution in [1.29, 1.82) is 0 Å². The highest BCUT2D eigenvalue weighted by atomic mass is 35.5. The van der Waals surface area contributed by atoms with E-state index in [1.165, 1.54) is 0 Å². The molecule has 2 fully saturated rings. The van der Waals surface area contributed by atoms with Gasteiger partial charge in [0, 0.05) is 25.2 Å². The van der Waals surface area contributed by atoms with Crippen molar-refractivity contribution in [3.63, 3.8) is 0 Å². The van der Waals surface area contributed by atoms with E-state index in [9.17, 15) is 14.4 Å². The molecule has 128 valence electrons. The van der Waals surface area contributed by atoms with Crippen LogP contribution in [0.2, 0.25) is 5.02 Å². The molecule has 1 atom stereocenters. The summed E-state index contributed by atoms with van der Waals surface area (Å²) < 4.78 is 0. The third-order valence-corrected chi connectivity index (χ3v) is 4.73. The predicted octanol–water partition coefficient (Wildman–Crippen LogP) is 2.18. The van der Waals surface area contributed by atoms with Gasteiger partial charge in [-0.3, -0.25) is 14.4 Å². The molecule has 0 aromatic heterocycles. The number of nitrogens with one attached hydrogen (secondary N) is 2. The molecule has 1 aromatic carbocycles. The Balaban J connectivity index is 1.66. The zero-order chi connectivity index (χ0) is 17.1. The maximum atomic E-state index is 12.5. The molecule has 0 saturated carbocycles. The van der Waals surface area contributed by atoms with Crippen LogP contribution in [0.5, 0.6) is 0 Å². The Hall–Kier alpha value is -2.08. The summed E-state index contributed by atoms with van der Waals surface area (Å²) in [6, 6.07) is 4.37. The molecule has 2 aliphatic rings. The number of amides is 3. The van der Waals surface area contributed by atoms with Crippen LogP contribution in [0.1, 0.15) is 42.5 Å². The molecule has 1 aromatic rings. The average molecular weight is 350 g/mol. The Morgan fingerprint density at radius 1 is 1.21 bits per heavy atom. The molecule has 1 unspecified atom stereocenters. The molecule has 0 aliphatic carbocycles. The average Bonchev–Trinajstić information content (AvgIpc) is 3.02. The Morgan fingerprint density at radius 3 is 2.58 bits per heavy atom. The van der Waals surface area contributed by atoms with E-state index in [1.807, 2.05) is 4.90 Å². The van der Waals surface area contributed by atoms with Gasteiger partial charge < -0.3 is 15.5 Å². The van der Waals surface area contributed by atoms with E-state index in [-0.39, 0.29) is 17.7 Å². The summed E-state index contributed by atoms with van der Waals surface area (Å²) in [5.74, 6) is -0.455. The first kappa shape index (κ1) is 16.8. The van der Waals surface area contributed by atoms with Gasteiger partial charge in [-0.1, -0.05) is 11.6 Å². The summed E-state index contributed by atoms with van der Waals surface area (Å²) in [4.78, 5) is 37.6. The van der Waals surface area contributed by atoms with Crippen molar-refractivity contribution in [3.8, 4) is 0 Å². The number of nitrogens with zero attached hydrogens (tertiary/aromatic N) is 1. The van der Waals surface area contributed by atoms with E-state index in [4.69, 9.17) is 11.6 Å². The zero-order valence-corrected chi connectivity index (χ0v) is 14.1. The van der Waals surface area contributed by atoms with Gasteiger partial charge in [0.25, 0.3) is 5.91 Å². The molecule has 0 spiro atoms. The molecular formula is C17H20ClN3O3. The van der Waals surface area contributed by atoms with Crippen LogP contribution in [-0.4, -0.2) is 41.8 Å². The number of benzene rings is 1. The molecule has 3 rings (SSSR count). The lowest BCUT2D eigenvalue weighted by molar-refractivity contribution is -0.122. The van der Waals surface area contributed by atoms with Crippen molar-refractivity contribution >= 4 is 35.0 Å². The molecule has 2 heterocycles. The van der Waals surface area contributed by atoms with Gasteiger partial charge in [-0.15, -0.1) is 0 Å². The van der Waals surface area contributed by atoms with E-state index in [1.54, 1.807) is 18.2 Å². The summed E-state index contributed by atoms with van der Waals surface area (Å²) in [7, 11) is 0. The number of carbonyl (C=O) groups is 3. The van der Waals surface area contributed by atoms with Gasteiger partial charge in [0.1, 0.15) is 6.04 Å². The van der Waals surface area contributed by atoms with Crippen molar-refractivity contribution < 1.29 is 14.4 Å². The summed E-state index contributed by atoms with van der Waals surface area (Å²) in [5.41, 5.74) is 0.965. The summed E-state index contributed by atoms with van der Waals surface area (Å²) in [6.07, 6.45) is 4.04. The molecule has 0 bridgehead atoms. The van der Waals surface area contributed by atoms with Crippen molar-refractivity contribution in [3.05, 3.63) is 28.8 Å². The largest absolute Gasteiger partial charge is 0.344 e. The number of carbonyl (C=O) groups excluding carboxylic acids is 3. The first-order valence-corrected chi connectivity index (χ1v) is 8.61. The normalized spacial score (nSPS) is 20.6. The number of anilines is 1. The molecule has 2 saturated heterocycles. The van der Waals surface area contributed by atoms with Crippen molar-refractivity contribution in [2.45, 2.75) is 38.1 Å². The quantitative estimate of drug-likeness (QED) is 0.878. The number of rotatable bonds is 3. The second kappa shape index (κ2) is 7.21. The number of halogens is 1. The van der Waals surface area contributed by atoms with E-state index >= 15 is 0 Å². The standard InChI is InChI=1S/C17H20ClN3O3/c18-13-10-11(19-16(23)14-6-7-15(22)20-14)4-5-12(13)17(24)21-8-2-1-3-9-21/h4-5,10,14H,1-3,6-9H2,(H,19,23)(H,20,22). The highest BCUT2D eigenvalue weighted by Crippen LogP contribution is 2.24. The lowest BCUT2D eigenvalue weighted by atomic mass is 10.1. The van der Waals surface area contributed by atoms with Gasteiger partial charge in [-0.25, -0.2) is 0 Å². The highest BCUT2D eigenvalue weighted by Gasteiger charge is 2.27. The van der Waals surface area contributed by atoms with E-state index < -0.39 is 6.04 Å². The monoisotopic (exact) mass is 349 g/mol. The molecule has 3 amide bonds. The SMILES string of the molecule is O=C1CCC(C(=O)Nc2ccc(C(=O)N3CCCCC3)c(Cl)c2)N1. The Labute approximate surface area is 145 Å². The highest BCUT2D eigenvalue weighted by molar-refractivity contribution is 6.34. The summed E-state index contributed by atoms with van der Waals surface area (Å²) >= 11 is 6.24. The Bertz CT molecular complexity index is 671. The predicted molar refractivity (Wildman–Crippen MR) is 91.0 cm³/mol. The lowest BCUT2D eigenvalue weighted by Gasteiger charge is -2.27. The van der Waals surface area contributed by atoms with Crippen LogP contribution in [0.25, 0.3) is 0 Å². The maximum Gasteiger partial charge on any atom is 0.255 e. The fourth-order valence-corrected chi connectivity index (χ4v) is 3.34. The number of likely N-dealkylation sites (tertiary alicyclic amines) is 1. The summed E-state index contributed by atoms with van der Waals surface area (Å²) in [6.45, 7) is 1.52. The van der Waals surface area contributed by atoms with Crippen LogP contribution in [-0.2, 0) is 9.59 Å². The molecule has 7 heteroatoms. The lowest BCUT2D eigenvalue weighted by Crippen LogP contribution is -2.37. The van der Waals surface area contributed by atoms with E-state index in [0.717, 1.165) is 32.4 Å². The Kier molecular flexibility index (Phi) is 5.04. The second-order valence-corrected chi connectivity index (χ2v) is 6.60. The minimum absolute atomic E-state index is 0.0689. The van der Waals surface area contributed by atoms with Gasteiger partial charge in [0.05, 0.1) is 10.6 Å². The van der Waals surface area contributed by atoms with Crippen LogP contribution < -0.4 is 10.6 Å². The zero-order valence-electron chi connectivity index (χ0n) is 13.3. The van der Waals surface area contributed by atoms with Crippen LogP contribution in [0.4, 0.5) is 5.69 Å². The van der Waals surface area contributed by atoms with Crippen molar-refractivity contribution in [1.82, 2.24) is 10.2 Å². The molecule has 24 heavy (non-hydrogen) atoms. The minimum Gasteiger partial charge on any atom is -0.344 e. The molecule has 2 aliphatic heterocycles. The minimum atomic E-state index is -0.508. The van der Waals surface area contributed by atoms with Gasteiger partial charge in [-0.2, -0.15) is 0 Å². The Morgan fingerprint density at radius 2 is 1.96 bits per heavy atom. The topological polar surface area (TPSA) is 78.5 Å². The van der Waals surface area contributed by atoms with Crippen LogP contribution in [0, 0.1) is 0 Å². The number of piperidine rings is 1. The van der Waals surface area contributed by atoms with Crippen LogP contribution >= 0.6 is 11.6 Å².